The van der Waals surface area contributed by atoms with E-state index in [1.54, 1.807) is 23.9 Å². The molecule has 6 nitrogen and oxygen atoms in total. The van der Waals surface area contributed by atoms with E-state index < -0.39 is 11.9 Å². The number of carbonyl (C=O) groups excluding carboxylic acids is 1. The van der Waals surface area contributed by atoms with E-state index in [1.165, 1.54) is 19.2 Å². The number of carbonyl (C=O) groups is 1. The molecule has 0 amide bonds. The lowest BCUT2D eigenvalue weighted by atomic mass is 9.97. The maximum Gasteiger partial charge on any atom is 0.341 e. The molecule has 3 aromatic rings. The summed E-state index contributed by atoms with van der Waals surface area (Å²) in [6.45, 7) is 3.45. The van der Waals surface area contributed by atoms with E-state index >= 15 is 0 Å². The van der Waals surface area contributed by atoms with E-state index in [0.29, 0.717) is 28.3 Å². The maximum atomic E-state index is 13.2. The minimum absolute atomic E-state index is 0.303. The summed E-state index contributed by atoms with van der Waals surface area (Å²) in [4.78, 5) is 16.1. The maximum absolute atomic E-state index is 13.2. The topological polar surface area (TPSA) is 66.2 Å². The van der Waals surface area contributed by atoms with Gasteiger partial charge in [-0.25, -0.2) is 9.78 Å². The van der Waals surface area contributed by atoms with Gasteiger partial charge in [0.05, 0.1) is 19.0 Å². The lowest BCUT2D eigenvalue weighted by Gasteiger charge is -2.15. The molecule has 0 bridgehead atoms. The van der Waals surface area contributed by atoms with Crippen LogP contribution in [0.1, 0.15) is 21.6 Å². The van der Waals surface area contributed by atoms with Crippen LogP contribution in [0.25, 0.3) is 11.1 Å². The predicted molar refractivity (Wildman–Crippen MR) is 93.7 cm³/mol. The van der Waals surface area contributed by atoms with Gasteiger partial charge in [0.2, 0.25) is 5.95 Å². The SMILES string of the molecule is COC(=O)c1c(Oc2ccc(F)nc2C)ccc(-c2cnn(C)c2)c1C. The molecule has 0 atom stereocenters. The largest absolute Gasteiger partial charge is 0.465 e. The van der Waals surface area contributed by atoms with Gasteiger partial charge in [0.25, 0.3) is 0 Å². The van der Waals surface area contributed by atoms with Gasteiger partial charge in [-0.15, -0.1) is 0 Å². The van der Waals surface area contributed by atoms with Gasteiger partial charge in [0.1, 0.15) is 17.1 Å². The average molecular weight is 355 g/mol. The van der Waals surface area contributed by atoms with Gasteiger partial charge in [0.15, 0.2) is 0 Å². The Balaban J connectivity index is 2.10. The Bertz CT molecular complexity index is 982. The normalized spacial score (nSPS) is 10.7. The lowest BCUT2D eigenvalue weighted by Crippen LogP contribution is -2.08. The molecule has 1 aromatic carbocycles. The molecule has 0 fully saturated rings. The van der Waals surface area contributed by atoms with Crippen molar-refractivity contribution < 1.29 is 18.7 Å². The first kappa shape index (κ1) is 17.6. The van der Waals surface area contributed by atoms with Gasteiger partial charge in [-0.3, -0.25) is 4.68 Å². The van der Waals surface area contributed by atoms with Crippen LogP contribution in [0.3, 0.4) is 0 Å². The van der Waals surface area contributed by atoms with Crippen molar-refractivity contribution in [2.24, 2.45) is 7.05 Å². The van der Waals surface area contributed by atoms with Gasteiger partial charge in [-0.1, -0.05) is 6.07 Å². The van der Waals surface area contributed by atoms with Crippen molar-refractivity contribution in [1.82, 2.24) is 14.8 Å². The number of ether oxygens (including phenoxy) is 2. The monoisotopic (exact) mass is 355 g/mol. The van der Waals surface area contributed by atoms with Crippen molar-refractivity contribution in [2.75, 3.05) is 7.11 Å². The van der Waals surface area contributed by atoms with Gasteiger partial charge in [-0.05, 0) is 43.2 Å². The van der Waals surface area contributed by atoms with Crippen LogP contribution in [0.15, 0.2) is 36.7 Å². The number of aromatic nitrogens is 3. The third-order valence-electron chi connectivity index (χ3n) is 4.06. The highest BCUT2D eigenvalue weighted by atomic mass is 19.1. The van der Waals surface area contributed by atoms with Crippen molar-refractivity contribution in [1.29, 1.82) is 0 Å². The van der Waals surface area contributed by atoms with E-state index in [0.717, 1.165) is 11.1 Å². The van der Waals surface area contributed by atoms with Crippen molar-refractivity contribution in [3.8, 4) is 22.6 Å². The van der Waals surface area contributed by atoms with E-state index in [2.05, 4.69) is 10.1 Å². The highest BCUT2D eigenvalue weighted by Crippen LogP contribution is 2.35. The van der Waals surface area contributed by atoms with Crippen LogP contribution in [-0.2, 0) is 11.8 Å². The Labute approximate surface area is 150 Å². The van der Waals surface area contributed by atoms with Crippen LogP contribution in [0.5, 0.6) is 11.5 Å². The van der Waals surface area contributed by atoms with Crippen LogP contribution in [-0.4, -0.2) is 27.8 Å². The Morgan fingerprint density at radius 3 is 2.50 bits per heavy atom. The third kappa shape index (κ3) is 3.28. The summed E-state index contributed by atoms with van der Waals surface area (Å²) in [6, 6.07) is 6.21. The molecule has 3 rings (SSSR count). The number of hydrogen-bond donors (Lipinski definition) is 0. The zero-order chi connectivity index (χ0) is 18.8. The van der Waals surface area contributed by atoms with Gasteiger partial charge in [0, 0.05) is 18.8 Å². The number of aryl methyl sites for hydroxylation is 2. The second kappa shape index (κ2) is 6.95. The van der Waals surface area contributed by atoms with Crippen LogP contribution in [0.2, 0.25) is 0 Å². The first-order chi connectivity index (χ1) is 12.4. The van der Waals surface area contributed by atoms with Crippen LogP contribution in [0.4, 0.5) is 4.39 Å². The summed E-state index contributed by atoms with van der Waals surface area (Å²) >= 11 is 0. The zero-order valence-corrected chi connectivity index (χ0v) is 14.9. The lowest BCUT2D eigenvalue weighted by molar-refractivity contribution is 0.0597. The zero-order valence-electron chi connectivity index (χ0n) is 14.9. The number of halogens is 1. The van der Waals surface area contributed by atoms with E-state index in [9.17, 15) is 9.18 Å². The number of hydrogen-bond acceptors (Lipinski definition) is 5. The molecule has 0 saturated heterocycles. The number of methoxy groups -OCH3 is 1. The predicted octanol–water partition coefficient (Wildman–Crippen LogP) is 3.82. The molecule has 26 heavy (non-hydrogen) atoms. The quantitative estimate of drug-likeness (QED) is 0.526. The second-order valence-electron chi connectivity index (χ2n) is 5.83. The van der Waals surface area contributed by atoms with E-state index in [1.807, 2.05) is 26.2 Å². The Morgan fingerprint density at radius 1 is 1.15 bits per heavy atom. The molecule has 0 aliphatic carbocycles. The average Bonchev–Trinajstić information content (AvgIpc) is 3.03. The molecule has 7 heteroatoms. The van der Waals surface area contributed by atoms with Crippen LogP contribution in [0, 0.1) is 19.8 Å². The Hall–Kier alpha value is -3.22. The molecule has 2 heterocycles. The number of nitrogens with zero attached hydrogens (tertiary/aromatic N) is 3. The number of rotatable bonds is 4. The summed E-state index contributed by atoms with van der Waals surface area (Å²) in [5.74, 6) is -0.425. The van der Waals surface area contributed by atoms with Crippen molar-refractivity contribution >= 4 is 5.97 Å². The highest BCUT2D eigenvalue weighted by Gasteiger charge is 2.21. The minimum Gasteiger partial charge on any atom is -0.465 e. The second-order valence-corrected chi connectivity index (χ2v) is 5.83. The molecule has 0 N–H and O–H groups in total. The fourth-order valence-electron chi connectivity index (χ4n) is 2.74. The van der Waals surface area contributed by atoms with Crippen LogP contribution < -0.4 is 4.74 Å². The first-order valence-corrected chi connectivity index (χ1v) is 7.92. The molecule has 0 saturated carbocycles. The summed E-state index contributed by atoms with van der Waals surface area (Å²) in [7, 11) is 3.13. The highest BCUT2D eigenvalue weighted by molar-refractivity contribution is 5.96. The fourth-order valence-corrected chi connectivity index (χ4v) is 2.74. The number of pyridine rings is 1. The third-order valence-corrected chi connectivity index (χ3v) is 4.06. The molecule has 0 aliphatic rings. The summed E-state index contributed by atoms with van der Waals surface area (Å²) < 4.78 is 25.7. The van der Waals surface area contributed by atoms with Crippen LogP contribution >= 0.6 is 0 Å². The minimum atomic E-state index is -0.592. The fraction of sp³-hybridized carbons (Fsp3) is 0.211. The Kier molecular flexibility index (Phi) is 4.71. The Morgan fingerprint density at radius 2 is 1.88 bits per heavy atom. The van der Waals surface area contributed by atoms with Gasteiger partial charge in [-0.2, -0.15) is 9.49 Å². The smallest absolute Gasteiger partial charge is 0.341 e. The van der Waals surface area contributed by atoms with Crippen molar-refractivity contribution in [3.63, 3.8) is 0 Å². The number of esters is 1. The summed E-state index contributed by atoms with van der Waals surface area (Å²) in [6.07, 6.45) is 3.58. The summed E-state index contributed by atoms with van der Waals surface area (Å²) in [5.41, 5.74) is 3.11. The van der Waals surface area contributed by atoms with Gasteiger partial charge >= 0.3 is 5.97 Å². The molecule has 2 aromatic heterocycles. The van der Waals surface area contributed by atoms with E-state index in [4.69, 9.17) is 9.47 Å². The number of benzene rings is 1. The summed E-state index contributed by atoms with van der Waals surface area (Å²) in [5, 5.41) is 4.16. The molecule has 0 unspecified atom stereocenters. The van der Waals surface area contributed by atoms with Gasteiger partial charge < -0.3 is 9.47 Å². The molecule has 0 aliphatic heterocycles. The molecule has 0 spiro atoms. The first-order valence-electron chi connectivity index (χ1n) is 7.92. The molecule has 134 valence electrons. The van der Waals surface area contributed by atoms with E-state index in [-0.39, 0.29) is 0 Å². The van der Waals surface area contributed by atoms with Crippen molar-refractivity contribution in [3.05, 3.63) is 59.4 Å². The molecule has 0 radical (unpaired) electrons. The molecular formula is C19H18FN3O3. The standard InChI is InChI=1S/C19H18FN3O3/c1-11-14(13-9-21-23(3)10-13)5-6-16(18(11)19(24)25-4)26-15-7-8-17(20)22-12(15)2/h5-10H,1-4H3. The van der Waals surface area contributed by atoms with Crippen molar-refractivity contribution in [2.45, 2.75) is 13.8 Å². The molecular weight excluding hydrogens is 337 g/mol.